The van der Waals surface area contributed by atoms with Crippen LogP contribution in [0.4, 0.5) is 24.5 Å². The summed E-state index contributed by atoms with van der Waals surface area (Å²) in [5.74, 6) is -1.30. The first-order valence-corrected chi connectivity index (χ1v) is 10.2. The maximum absolute atomic E-state index is 13.2. The first-order chi connectivity index (χ1) is 15.1. The van der Waals surface area contributed by atoms with Gasteiger partial charge >= 0.3 is 6.18 Å². The first kappa shape index (κ1) is 22.0. The molecule has 166 valence electrons. The smallest absolute Gasteiger partial charge is 0.294 e. The number of amides is 1. The number of hydrogen-bond donors (Lipinski definition) is 0. The van der Waals surface area contributed by atoms with Crippen molar-refractivity contribution in [1.29, 1.82) is 0 Å². The van der Waals surface area contributed by atoms with Crippen LogP contribution >= 0.6 is 11.6 Å². The predicted molar refractivity (Wildman–Crippen MR) is 110 cm³/mol. The molecule has 1 atom stereocenters. The summed E-state index contributed by atoms with van der Waals surface area (Å²) in [6, 6.07) is 8.78. The highest BCUT2D eigenvalue weighted by Gasteiger charge is 2.42. The van der Waals surface area contributed by atoms with Crippen molar-refractivity contribution < 1.29 is 27.7 Å². The summed E-state index contributed by atoms with van der Waals surface area (Å²) < 4.78 is 39.3. The van der Waals surface area contributed by atoms with E-state index in [4.69, 9.17) is 11.6 Å². The van der Waals surface area contributed by atoms with Gasteiger partial charge in [0.1, 0.15) is 5.69 Å². The van der Waals surface area contributed by atoms with E-state index in [-0.39, 0.29) is 24.3 Å². The van der Waals surface area contributed by atoms with E-state index in [2.05, 4.69) is 0 Å². The highest BCUT2D eigenvalue weighted by atomic mass is 35.5. The summed E-state index contributed by atoms with van der Waals surface area (Å²) in [6.07, 6.45) is -3.96. The van der Waals surface area contributed by atoms with Crippen molar-refractivity contribution >= 4 is 34.7 Å². The first-order valence-electron chi connectivity index (χ1n) is 9.78. The number of nitro groups is 1. The second kappa shape index (κ2) is 8.05. The normalized spacial score (nSPS) is 19.2. The number of Topliss-reactive ketones (excluding diaryl/α,β-unsaturated/α-hetero) is 1. The van der Waals surface area contributed by atoms with Crippen molar-refractivity contribution in [1.82, 2.24) is 0 Å². The Kier molecular flexibility index (Phi) is 5.54. The number of allylic oxidation sites excluding steroid dienone is 2. The Bertz CT molecular complexity index is 1180. The van der Waals surface area contributed by atoms with Gasteiger partial charge in [-0.1, -0.05) is 23.7 Å². The highest BCUT2D eigenvalue weighted by Crippen LogP contribution is 2.46. The third kappa shape index (κ3) is 3.88. The Morgan fingerprint density at radius 3 is 2.50 bits per heavy atom. The fourth-order valence-corrected chi connectivity index (χ4v) is 4.51. The summed E-state index contributed by atoms with van der Waals surface area (Å²) in [4.78, 5) is 37.8. The predicted octanol–water partition coefficient (Wildman–Crippen LogP) is 5.79. The SMILES string of the molecule is O=C1CCCC2=C1C(c1cccc(Cl)c1)CC(=O)N2c1ccc(C(F)(F)F)cc1[N+](=O)[O-]. The van der Waals surface area contributed by atoms with Crippen LogP contribution in [0.15, 0.2) is 53.7 Å². The Labute approximate surface area is 185 Å². The van der Waals surface area contributed by atoms with Crippen molar-refractivity contribution in [2.75, 3.05) is 4.90 Å². The number of alkyl halides is 3. The second-order valence-electron chi connectivity index (χ2n) is 7.64. The minimum Gasteiger partial charge on any atom is -0.294 e. The number of ketones is 1. The van der Waals surface area contributed by atoms with Gasteiger partial charge in [-0.15, -0.1) is 0 Å². The number of nitrogens with zero attached hydrogens (tertiary/aromatic N) is 2. The van der Waals surface area contributed by atoms with Crippen LogP contribution in [0.3, 0.4) is 0 Å². The van der Waals surface area contributed by atoms with E-state index in [9.17, 15) is 32.9 Å². The lowest BCUT2D eigenvalue weighted by molar-refractivity contribution is -0.384. The molecular formula is C22H16ClF3N2O4. The molecule has 0 saturated carbocycles. The Hall–Kier alpha value is -3.20. The van der Waals surface area contributed by atoms with Crippen LogP contribution in [0.5, 0.6) is 0 Å². The summed E-state index contributed by atoms with van der Waals surface area (Å²) in [5, 5.41) is 12.0. The average Bonchev–Trinajstić information content (AvgIpc) is 2.72. The maximum Gasteiger partial charge on any atom is 0.416 e. The van der Waals surface area contributed by atoms with Gasteiger partial charge in [-0.25, -0.2) is 0 Å². The van der Waals surface area contributed by atoms with Crippen LogP contribution in [-0.2, 0) is 15.8 Å². The Morgan fingerprint density at radius 1 is 1.09 bits per heavy atom. The molecule has 0 aromatic heterocycles. The van der Waals surface area contributed by atoms with Crippen LogP contribution in [0.1, 0.15) is 42.7 Å². The van der Waals surface area contributed by atoms with E-state index in [1.54, 1.807) is 24.3 Å². The van der Waals surface area contributed by atoms with Crippen molar-refractivity contribution in [3.8, 4) is 0 Å². The zero-order chi connectivity index (χ0) is 23.2. The van der Waals surface area contributed by atoms with Gasteiger partial charge in [0.05, 0.1) is 10.5 Å². The zero-order valence-electron chi connectivity index (χ0n) is 16.5. The van der Waals surface area contributed by atoms with Gasteiger partial charge < -0.3 is 0 Å². The molecule has 0 bridgehead atoms. The van der Waals surface area contributed by atoms with Crippen LogP contribution in [0.25, 0.3) is 0 Å². The van der Waals surface area contributed by atoms with Crippen LogP contribution < -0.4 is 4.90 Å². The van der Waals surface area contributed by atoms with Gasteiger partial charge in [-0.05, 0) is 42.7 Å². The van der Waals surface area contributed by atoms with Gasteiger partial charge in [-0.2, -0.15) is 13.2 Å². The van der Waals surface area contributed by atoms with Gasteiger partial charge in [0, 0.05) is 41.1 Å². The molecule has 0 N–H and O–H groups in total. The molecule has 2 aromatic rings. The molecule has 1 aliphatic carbocycles. The fraction of sp³-hybridized carbons (Fsp3) is 0.273. The Morgan fingerprint density at radius 2 is 1.84 bits per heavy atom. The van der Waals surface area contributed by atoms with E-state index in [0.29, 0.717) is 46.8 Å². The summed E-state index contributed by atoms with van der Waals surface area (Å²) >= 11 is 6.08. The van der Waals surface area contributed by atoms with Crippen molar-refractivity contribution in [3.63, 3.8) is 0 Å². The molecule has 1 aliphatic heterocycles. The van der Waals surface area contributed by atoms with Crippen LogP contribution in [0.2, 0.25) is 5.02 Å². The quantitative estimate of drug-likeness (QED) is 0.425. The summed E-state index contributed by atoms with van der Waals surface area (Å²) in [6.45, 7) is 0. The number of nitro benzene ring substituents is 1. The molecule has 2 aromatic carbocycles. The minimum absolute atomic E-state index is 0.164. The van der Waals surface area contributed by atoms with Crippen molar-refractivity contribution in [2.24, 2.45) is 0 Å². The van der Waals surface area contributed by atoms with Crippen molar-refractivity contribution in [3.05, 3.63) is 80.0 Å². The van der Waals surface area contributed by atoms with E-state index in [0.717, 1.165) is 11.0 Å². The number of carbonyl (C=O) groups excluding carboxylic acids is 2. The van der Waals surface area contributed by atoms with E-state index in [1.165, 1.54) is 0 Å². The zero-order valence-corrected chi connectivity index (χ0v) is 17.2. The monoisotopic (exact) mass is 464 g/mol. The number of carbonyl (C=O) groups is 2. The molecule has 32 heavy (non-hydrogen) atoms. The summed E-state index contributed by atoms with van der Waals surface area (Å²) in [5.41, 5.74) is -1.00. The molecule has 0 fully saturated rings. The highest BCUT2D eigenvalue weighted by molar-refractivity contribution is 6.30. The molecule has 4 rings (SSSR count). The average molecular weight is 465 g/mol. The third-order valence-electron chi connectivity index (χ3n) is 5.67. The lowest BCUT2D eigenvalue weighted by Gasteiger charge is -2.38. The fourth-order valence-electron chi connectivity index (χ4n) is 4.32. The summed E-state index contributed by atoms with van der Waals surface area (Å²) in [7, 11) is 0. The molecular weight excluding hydrogens is 449 g/mol. The standard InChI is InChI=1S/C22H16ClF3N2O4/c23-14-4-1-3-12(9-14)15-11-20(30)27(17-5-2-6-19(29)21(15)17)16-8-7-13(22(24,25)26)10-18(16)28(31)32/h1,3-4,7-10,15H,2,5-6,11H2. The number of hydrogen-bond acceptors (Lipinski definition) is 4. The largest absolute Gasteiger partial charge is 0.416 e. The third-order valence-corrected chi connectivity index (χ3v) is 5.90. The number of halogens is 4. The minimum atomic E-state index is -4.78. The van der Waals surface area contributed by atoms with Crippen LogP contribution in [0, 0.1) is 10.1 Å². The molecule has 0 radical (unpaired) electrons. The molecule has 0 saturated heterocycles. The molecule has 1 amide bonds. The van der Waals surface area contributed by atoms with Gasteiger partial charge in [-0.3, -0.25) is 24.6 Å². The Balaban J connectivity index is 1.90. The molecule has 0 spiro atoms. The van der Waals surface area contributed by atoms with Gasteiger partial charge in [0.2, 0.25) is 5.91 Å². The molecule has 1 heterocycles. The topological polar surface area (TPSA) is 80.5 Å². The van der Waals surface area contributed by atoms with Gasteiger partial charge in [0.25, 0.3) is 5.69 Å². The molecule has 2 aliphatic rings. The lowest BCUT2D eigenvalue weighted by atomic mass is 9.77. The number of benzene rings is 2. The molecule has 6 nitrogen and oxygen atoms in total. The van der Waals surface area contributed by atoms with E-state index in [1.807, 2.05) is 0 Å². The van der Waals surface area contributed by atoms with E-state index >= 15 is 0 Å². The number of rotatable bonds is 3. The van der Waals surface area contributed by atoms with Crippen LogP contribution in [-0.4, -0.2) is 16.6 Å². The van der Waals surface area contributed by atoms with Gasteiger partial charge in [0.15, 0.2) is 5.78 Å². The van der Waals surface area contributed by atoms with E-state index < -0.39 is 34.2 Å². The maximum atomic E-state index is 13.2. The lowest BCUT2D eigenvalue weighted by Crippen LogP contribution is -2.40. The number of anilines is 1. The molecule has 1 unspecified atom stereocenters. The van der Waals surface area contributed by atoms with Crippen molar-refractivity contribution in [2.45, 2.75) is 37.8 Å². The molecule has 10 heteroatoms. The second-order valence-corrected chi connectivity index (χ2v) is 8.07.